The lowest BCUT2D eigenvalue weighted by molar-refractivity contribution is 0.331. The smallest absolute Gasteiger partial charge is 0.0839 e. The van der Waals surface area contributed by atoms with Crippen LogP contribution in [-0.4, -0.2) is 0 Å². The van der Waals surface area contributed by atoms with Crippen LogP contribution in [0.25, 0.3) is 0 Å². The Morgan fingerprint density at radius 2 is 0.972 bits per heavy atom. The molecule has 1 aliphatic rings. The second-order valence-corrected chi connectivity index (χ2v) is 15.8. The van der Waals surface area contributed by atoms with E-state index in [2.05, 4.69) is 138 Å². The normalized spacial score (nSPS) is 17.3. The maximum absolute atomic E-state index is 7.26. The summed E-state index contributed by atoms with van der Waals surface area (Å²) in [7, 11) is -2.09. The van der Waals surface area contributed by atoms with Crippen molar-refractivity contribution in [3.63, 3.8) is 0 Å². The number of fused-ring (bicyclic) bond motifs is 1. The van der Waals surface area contributed by atoms with E-state index in [9.17, 15) is 0 Å². The van der Waals surface area contributed by atoms with Crippen LogP contribution in [0.15, 0.2) is 103 Å². The first-order chi connectivity index (χ1) is 17.2. The number of rotatable bonds is 5. The third-order valence-corrected chi connectivity index (χ3v) is 13.6. The van der Waals surface area contributed by atoms with Crippen molar-refractivity contribution >= 4 is 34.8 Å². The first-order valence-electron chi connectivity index (χ1n) is 13.1. The monoisotopic (exact) mass is 511 g/mol. The van der Waals surface area contributed by atoms with Gasteiger partial charge in [-0.05, 0) is 90.3 Å². The van der Waals surface area contributed by atoms with Gasteiger partial charge in [0.1, 0.15) is 28.8 Å². The van der Waals surface area contributed by atoms with Crippen LogP contribution >= 0.6 is 18.9 Å². The second-order valence-electron chi connectivity index (χ2n) is 11.6. The van der Waals surface area contributed by atoms with Crippen LogP contribution in [-0.2, 0) is 10.8 Å². The lowest BCUT2D eigenvalue weighted by Crippen LogP contribution is -2.36. The molecule has 0 amide bonds. The molecular formula is C34H37ClP+. The largest absolute Gasteiger partial charge is 0.119 e. The highest BCUT2D eigenvalue weighted by Crippen LogP contribution is 2.67. The van der Waals surface area contributed by atoms with Crippen molar-refractivity contribution in [3.05, 3.63) is 125 Å². The van der Waals surface area contributed by atoms with E-state index in [1.54, 1.807) is 0 Å². The molecule has 0 saturated carbocycles. The fourth-order valence-corrected chi connectivity index (χ4v) is 11.4. The molecule has 184 valence electrons. The molecule has 0 saturated heterocycles. The molecule has 0 aliphatic heterocycles. The van der Waals surface area contributed by atoms with E-state index >= 15 is 0 Å². The molecule has 1 aliphatic carbocycles. The van der Waals surface area contributed by atoms with Gasteiger partial charge < -0.3 is 0 Å². The molecule has 2 heteroatoms. The average Bonchev–Trinajstić information content (AvgIpc) is 2.89. The Morgan fingerprint density at radius 3 is 1.36 bits per heavy atom. The lowest BCUT2D eigenvalue weighted by Gasteiger charge is -2.43. The molecule has 0 bridgehead atoms. The van der Waals surface area contributed by atoms with Gasteiger partial charge in [-0.15, -0.1) is 0 Å². The molecule has 0 N–H and O–H groups in total. The Bertz CT molecular complexity index is 1240. The zero-order chi connectivity index (χ0) is 25.6. The van der Waals surface area contributed by atoms with E-state index in [4.69, 9.17) is 11.6 Å². The van der Waals surface area contributed by atoms with Crippen LogP contribution in [0, 0.1) is 0 Å². The molecule has 0 heterocycles. The van der Waals surface area contributed by atoms with Crippen molar-refractivity contribution in [3.8, 4) is 0 Å². The molecular weight excluding hydrogens is 475 g/mol. The summed E-state index contributed by atoms with van der Waals surface area (Å²) in [5.74, 6) is 0. The Labute approximate surface area is 223 Å². The fourth-order valence-electron chi connectivity index (χ4n) is 6.24. The van der Waals surface area contributed by atoms with Crippen LogP contribution in [0.2, 0.25) is 5.02 Å². The summed E-state index contributed by atoms with van der Waals surface area (Å²) in [5.41, 5.74) is 4.65. The SMILES string of the molecule is CC(c1cc2c(cc1Cl)C(C)(C)CCC2(C)C)[P+](c1ccccc1)(c1ccccc1)c1ccccc1. The maximum Gasteiger partial charge on any atom is 0.119 e. The molecule has 0 aromatic heterocycles. The van der Waals surface area contributed by atoms with Crippen molar-refractivity contribution in [1.29, 1.82) is 0 Å². The fraction of sp³-hybridized carbons (Fsp3) is 0.294. The number of halogens is 1. The summed E-state index contributed by atoms with van der Waals surface area (Å²) in [6.45, 7) is 12.0. The number of hydrogen-bond acceptors (Lipinski definition) is 0. The van der Waals surface area contributed by atoms with Crippen molar-refractivity contribution < 1.29 is 0 Å². The van der Waals surface area contributed by atoms with E-state index in [1.807, 2.05) is 0 Å². The number of benzene rings is 4. The molecule has 36 heavy (non-hydrogen) atoms. The average molecular weight is 512 g/mol. The highest BCUT2D eigenvalue weighted by Gasteiger charge is 2.52. The minimum absolute atomic E-state index is 0.136. The third-order valence-electron chi connectivity index (χ3n) is 8.49. The van der Waals surface area contributed by atoms with Crippen LogP contribution in [0.1, 0.15) is 69.8 Å². The van der Waals surface area contributed by atoms with Crippen molar-refractivity contribution in [2.75, 3.05) is 0 Å². The van der Waals surface area contributed by atoms with Gasteiger partial charge in [-0.2, -0.15) is 0 Å². The third kappa shape index (κ3) is 4.13. The summed E-state index contributed by atoms with van der Waals surface area (Å²) < 4.78 is 0. The van der Waals surface area contributed by atoms with Gasteiger partial charge in [0, 0.05) is 10.6 Å². The van der Waals surface area contributed by atoms with E-state index in [1.165, 1.54) is 45.4 Å². The molecule has 0 spiro atoms. The minimum atomic E-state index is -2.09. The predicted molar refractivity (Wildman–Crippen MR) is 160 cm³/mol. The Kier molecular flexibility index (Phi) is 6.65. The minimum Gasteiger partial charge on any atom is -0.0839 e. The molecule has 1 unspecified atom stereocenters. The van der Waals surface area contributed by atoms with Gasteiger partial charge in [0.2, 0.25) is 0 Å². The molecule has 4 aromatic rings. The lowest BCUT2D eigenvalue weighted by atomic mass is 9.63. The summed E-state index contributed by atoms with van der Waals surface area (Å²) in [4.78, 5) is 0. The molecule has 1 atom stereocenters. The summed E-state index contributed by atoms with van der Waals surface area (Å²) in [6.07, 6.45) is 2.38. The first-order valence-corrected chi connectivity index (χ1v) is 15.3. The van der Waals surface area contributed by atoms with Gasteiger partial charge in [-0.1, -0.05) is 93.9 Å². The standard InChI is InChI=1S/C34H37ClP/c1-25(29-23-30-31(24-32(29)35)34(4,5)22-21-33(30,2)3)36(26-15-9-6-10-16-26,27-17-11-7-12-18-27)28-19-13-8-14-20-28/h6-20,23-25H,21-22H2,1-5H3/q+1. The van der Waals surface area contributed by atoms with Crippen LogP contribution < -0.4 is 15.9 Å². The van der Waals surface area contributed by atoms with E-state index < -0.39 is 7.26 Å². The van der Waals surface area contributed by atoms with Crippen LogP contribution in [0.5, 0.6) is 0 Å². The summed E-state index contributed by atoms with van der Waals surface area (Å²) in [6, 6.07) is 38.2. The van der Waals surface area contributed by atoms with Gasteiger partial charge in [0.15, 0.2) is 0 Å². The van der Waals surface area contributed by atoms with E-state index in [-0.39, 0.29) is 16.5 Å². The molecule has 5 rings (SSSR count). The van der Waals surface area contributed by atoms with Crippen molar-refractivity contribution in [2.45, 2.75) is 63.9 Å². The van der Waals surface area contributed by atoms with Crippen molar-refractivity contribution in [2.24, 2.45) is 0 Å². The van der Waals surface area contributed by atoms with E-state index in [0.29, 0.717) is 0 Å². The van der Waals surface area contributed by atoms with Gasteiger partial charge >= 0.3 is 0 Å². The van der Waals surface area contributed by atoms with Gasteiger partial charge in [0.25, 0.3) is 0 Å². The summed E-state index contributed by atoms with van der Waals surface area (Å²) in [5, 5.41) is 5.08. The first kappa shape index (κ1) is 25.3. The second kappa shape index (κ2) is 9.48. The highest BCUT2D eigenvalue weighted by molar-refractivity contribution is 7.96. The predicted octanol–water partition coefficient (Wildman–Crippen LogP) is 8.74. The van der Waals surface area contributed by atoms with Gasteiger partial charge in [-0.25, -0.2) is 0 Å². The van der Waals surface area contributed by atoms with Gasteiger partial charge in [-0.3, -0.25) is 0 Å². The van der Waals surface area contributed by atoms with Crippen LogP contribution in [0.4, 0.5) is 0 Å². The van der Waals surface area contributed by atoms with Crippen molar-refractivity contribution in [1.82, 2.24) is 0 Å². The molecule has 4 aromatic carbocycles. The molecule has 0 radical (unpaired) electrons. The van der Waals surface area contributed by atoms with E-state index in [0.717, 1.165) is 5.02 Å². The topological polar surface area (TPSA) is 0 Å². The Morgan fingerprint density at radius 1 is 0.611 bits per heavy atom. The Hall–Kier alpha value is -2.40. The highest BCUT2D eigenvalue weighted by atomic mass is 35.5. The quantitative estimate of drug-likeness (QED) is 0.235. The molecule has 0 nitrogen and oxygen atoms in total. The molecule has 0 fully saturated rings. The zero-order valence-corrected chi connectivity index (χ0v) is 23.8. The summed E-state index contributed by atoms with van der Waals surface area (Å²) >= 11 is 7.26. The zero-order valence-electron chi connectivity index (χ0n) is 22.1. The van der Waals surface area contributed by atoms with Crippen LogP contribution in [0.3, 0.4) is 0 Å². The maximum atomic E-state index is 7.26. The Balaban J connectivity index is 1.83. The van der Waals surface area contributed by atoms with Gasteiger partial charge in [0.05, 0.1) is 0 Å². The number of hydrogen-bond donors (Lipinski definition) is 0.